The van der Waals surface area contributed by atoms with Gasteiger partial charge in [0.15, 0.2) is 5.78 Å². The molecule has 1 aromatic carbocycles. The number of hydrogen-bond acceptors (Lipinski definition) is 6. The molecule has 1 unspecified atom stereocenters. The van der Waals surface area contributed by atoms with E-state index in [1.165, 1.54) is 11.3 Å². The van der Waals surface area contributed by atoms with Crippen molar-refractivity contribution in [2.24, 2.45) is 5.92 Å². The summed E-state index contributed by atoms with van der Waals surface area (Å²) in [6, 6.07) is 14.3. The molecule has 1 saturated heterocycles. The summed E-state index contributed by atoms with van der Waals surface area (Å²) in [6.45, 7) is 7.63. The maximum atomic E-state index is 13.3. The Hall–Kier alpha value is -3.10. The Balaban J connectivity index is 1.39. The van der Waals surface area contributed by atoms with Crippen molar-refractivity contribution in [2.45, 2.75) is 58.7 Å². The number of carbonyl (C=O) groups is 3. The Labute approximate surface area is 216 Å². The highest BCUT2D eigenvalue weighted by Crippen LogP contribution is 2.25. The minimum absolute atomic E-state index is 0.00682. The monoisotopic (exact) mass is 506 g/mol. The predicted molar refractivity (Wildman–Crippen MR) is 143 cm³/mol. The summed E-state index contributed by atoms with van der Waals surface area (Å²) in [5, 5.41) is 6.88. The fraction of sp³-hybridized carbons (Fsp3) is 0.429. The van der Waals surface area contributed by atoms with E-state index >= 15 is 0 Å². The highest BCUT2D eigenvalue weighted by molar-refractivity contribution is 7.20. The highest BCUT2D eigenvalue weighted by atomic mass is 32.1. The molecule has 2 atom stereocenters. The van der Waals surface area contributed by atoms with Gasteiger partial charge in [-0.1, -0.05) is 38.1 Å². The molecule has 36 heavy (non-hydrogen) atoms. The van der Waals surface area contributed by atoms with Crippen LogP contribution in [0.4, 0.5) is 0 Å². The van der Waals surface area contributed by atoms with Crippen LogP contribution >= 0.6 is 11.3 Å². The molecule has 0 saturated carbocycles. The lowest BCUT2D eigenvalue weighted by atomic mass is 10.0. The number of hydrogen-bond donors (Lipinski definition) is 2. The molecule has 2 N–H and O–H groups in total. The van der Waals surface area contributed by atoms with Gasteiger partial charge in [0.1, 0.15) is 6.04 Å². The third-order valence-corrected chi connectivity index (χ3v) is 7.48. The van der Waals surface area contributed by atoms with Crippen molar-refractivity contribution in [1.29, 1.82) is 0 Å². The van der Waals surface area contributed by atoms with Gasteiger partial charge >= 0.3 is 0 Å². The number of aromatic nitrogens is 1. The second-order valence-corrected chi connectivity index (χ2v) is 11.0. The van der Waals surface area contributed by atoms with E-state index in [4.69, 9.17) is 0 Å². The summed E-state index contributed by atoms with van der Waals surface area (Å²) in [6.07, 6.45) is 1.88. The fourth-order valence-corrected chi connectivity index (χ4v) is 5.56. The van der Waals surface area contributed by atoms with Gasteiger partial charge < -0.3 is 10.6 Å². The van der Waals surface area contributed by atoms with Crippen LogP contribution in [0.2, 0.25) is 0 Å². The molecule has 1 aliphatic rings. The van der Waals surface area contributed by atoms with Gasteiger partial charge in [-0.2, -0.15) is 0 Å². The summed E-state index contributed by atoms with van der Waals surface area (Å²) in [5.74, 6) is -0.371. The molecule has 2 amide bonds. The van der Waals surface area contributed by atoms with Crippen LogP contribution in [-0.2, 0) is 16.1 Å². The van der Waals surface area contributed by atoms with Crippen LogP contribution in [0, 0.1) is 12.8 Å². The van der Waals surface area contributed by atoms with Gasteiger partial charge in [-0.25, -0.2) is 0 Å². The molecule has 0 bridgehead atoms. The van der Waals surface area contributed by atoms with Crippen molar-refractivity contribution in [3.63, 3.8) is 0 Å². The van der Waals surface area contributed by atoms with Gasteiger partial charge in [0.05, 0.1) is 23.2 Å². The topological polar surface area (TPSA) is 91.4 Å². The molecule has 3 aromatic rings. The number of carbonyl (C=O) groups excluding carboxylic acids is 3. The van der Waals surface area contributed by atoms with E-state index in [9.17, 15) is 14.4 Å². The van der Waals surface area contributed by atoms with Crippen LogP contribution < -0.4 is 10.6 Å². The average molecular weight is 507 g/mol. The molecule has 3 heterocycles. The molecule has 7 nitrogen and oxygen atoms in total. The van der Waals surface area contributed by atoms with Crippen LogP contribution in [0.3, 0.4) is 0 Å². The van der Waals surface area contributed by atoms with Gasteiger partial charge in [0.25, 0.3) is 5.91 Å². The number of pyridine rings is 1. The molecule has 2 aromatic heterocycles. The van der Waals surface area contributed by atoms with E-state index in [-0.39, 0.29) is 30.1 Å². The number of fused-ring (bicyclic) bond motifs is 1. The van der Waals surface area contributed by atoms with E-state index in [0.29, 0.717) is 24.3 Å². The van der Waals surface area contributed by atoms with Crippen LogP contribution in [0.5, 0.6) is 0 Å². The molecular weight excluding hydrogens is 472 g/mol. The van der Waals surface area contributed by atoms with Crippen LogP contribution in [-0.4, -0.2) is 52.7 Å². The van der Waals surface area contributed by atoms with Gasteiger partial charge in [-0.3, -0.25) is 24.3 Å². The summed E-state index contributed by atoms with van der Waals surface area (Å²) < 4.78 is 1.03. The molecule has 0 radical (unpaired) electrons. The van der Waals surface area contributed by atoms with Crippen LogP contribution in [0.1, 0.15) is 54.2 Å². The normalized spacial score (nSPS) is 17.7. The summed E-state index contributed by atoms with van der Waals surface area (Å²) >= 11 is 1.41. The fourth-order valence-electron chi connectivity index (χ4n) is 4.59. The largest absolute Gasteiger partial charge is 0.344 e. The molecule has 0 aliphatic carbocycles. The number of nitrogens with zero attached hydrogens (tertiary/aromatic N) is 2. The summed E-state index contributed by atoms with van der Waals surface area (Å²) in [5.41, 5.74) is 1.89. The first-order valence-electron chi connectivity index (χ1n) is 12.6. The zero-order valence-corrected chi connectivity index (χ0v) is 21.9. The molecule has 190 valence electrons. The lowest BCUT2D eigenvalue weighted by Gasteiger charge is -2.23. The van der Waals surface area contributed by atoms with Crippen molar-refractivity contribution in [3.05, 3.63) is 64.8 Å². The predicted octanol–water partition coefficient (Wildman–Crippen LogP) is 4.10. The number of aryl methyl sites for hydroxylation is 1. The average Bonchev–Trinajstić information content (AvgIpc) is 3.19. The minimum Gasteiger partial charge on any atom is -0.344 e. The van der Waals surface area contributed by atoms with Crippen molar-refractivity contribution < 1.29 is 14.4 Å². The lowest BCUT2D eigenvalue weighted by Crippen LogP contribution is -2.52. The van der Waals surface area contributed by atoms with E-state index < -0.39 is 12.1 Å². The standard InChI is InChI=1S/C28H34N4O3S/c1-18(2)14-23(31-28(35)26-15-20-9-4-5-12-25(20)36-26)27(34)30-22-11-7-13-32(17-24(22)33)16-21-10-6-8-19(3)29-21/h4-6,8-10,12,15,18,22-23H,7,11,13-14,16-17H2,1-3H3,(H,30,34)(H,31,35)/t22?,23-/m0/s1. The smallest absolute Gasteiger partial charge is 0.262 e. The minimum atomic E-state index is -0.702. The second kappa shape index (κ2) is 11.8. The zero-order valence-electron chi connectivity index (χ0n) is 21.1. The number of amides is 2. The van der Waals surface area contributed by atoms with Crippen molar-refractivity contribution in [1.82, 2.24) is 20.5 Å². The highest BCUT2D eigenvalue weighted by Gasteiger charge is 2.30. The Kier molecular flexibility index (Phi) is 8.48. The Morgan fingerprint density at radius 3 is 2.72 bits per heavy atom. The number of nitrogens with one attached hydrogen (secondary N) is 2. The molecule has 1 fully saturated rings. The second-order valence-electron chi connectivity index (χ2n) is 9.95. The molecule has 8 heteroatoms. The van der Waals surface area contributed by atoms with Gasteiger partial charge in [-0.05, 0) is 68.3 Å². The first-order valence-corrected chi connectivity index (χ1v) is 13.4. The van der Waals surface area contributed by atoms with E-state index in [0.717, 1.165) is 34.4 Å². The number of Topliss-reactive ketones (excluding diaryl/α,β-unsaturated/α-hetero) is 1. The number of benzene rings is 1. The first-order chi connectivity index (χ1) is 17.3. The first kappa shape index (κ1) is 26.0. The molecular formula is C28H34N4O3S. The summed E-state index contributed by atoms with van der Waals surface area (Å²) in [7, 11) is 0. The Bertz CT molecular complexity index is 1210. The van der Waals surface area contributed by atoms with Gasteiger partial charge in [0.2, 0.25) is 5.91 Å². The number of rotatable bonds is 8. The molecule has 4 rings (SSSR count). The quantitative estimate of drug-likeness (QED) is 0.480. The maximum absolute atomic E-state index is 13.3. The molecule has 0 spiro atoms. The van der Waals surface area contributed by atoms with Gasteiger partial charge in [0, 0.05) is 16.9 Å². The number of ketones is 1. The molecule has 1 aliphatic heterocycles. The van der Waals surface area contributed by atoms with E-state index in [2.05, 4.69) is 20.5 Å². The maximum Gasteiger partial charge on any atom is 0.262 e. The Morgan fingerprint density at radius 2 is 1.97 bits per heavy atom. The van der Waals surface area contributed by atoms with Crippen LogP contribution in [0.25, 0.3) is 10.1 Å². The van der Waals surface area contributed by atoms with Gasteiger partial charge in [-0.15, -0.1) is 11.3 Å². The third kappa shape index (κ3) is 6.77. The van der Waals surface area contributed by atoms with E-state index in [1.807, 2.05) is 69.3 Å². The van der Waals surface area contributed by atoms with Crippen molar-refractivity contribution in [2.75, 3.05) is 13.1 Å². The lowest BCUT2D eigenvalue weighted by molar-refractivity contribution is -0.129. The van der Waals surface area contributed by atoms with Crippen LogP contribution in [0.15, 0.2) is 48.5 Å². The Morgan fingerprint density at radius 1 is 1.17 bits per heavy atom. The SMILES string of the molecule is Cc1cccc(CN2CCCC(NC(=O)[C@H](CC(C)C)NC(=O)c3cc4ccccc4s3)C(=O)C2)n1. The van der Waals surface area contributed by atoms with Crippen molar-refractivity contribution in [3.8, 4) is 0 Å². The zero-order chi connectivity index (χ0) is 25.7. The van der Waals surface area contributed by atoms with Crippen molar-refractivity contribution >= 4 is 39.0 Å². The summed E-state index contributed by atoms with van der Waals surface area (Å²) in [4.78, 5) is 46.5. The van der Waals surface area contributed by atoms with E-state index in [1.54, 1.807) is 0 Å². The number of thiophene rings is 1. The number of likely N-dealkylation sites (tertiary alicyclic amines) is 1. The third-order valence-electron chi connectivity index (χ3n) is 6.36.